The summed E-state index contributed by atoms with van der Waals surface area (Å²) >= 11 is 2.17. The highest BCUT2D eigenvalue weighted by atomic mass is 127. The van der Waals surface area contributed by atoms with Crippen LogP contribution in [0.4, 0.5) is 0 Å². The fourth-order valence-corrected chi connectivity index (χ4v) is 2.55. The van der Waals surface area contributed by atoms with E-state index in [9.17, 15) is 9.59 Å². The second-order valence-electron chi connectivity index (χ2n) is 4.71. The van der Waals surface area contributed by atoms with Crippen molar-refractivity contribution >= 4 is 34.8 Å². The molecule has 1 aliphatic rings. The minimum Gasteiger partial charge on any atom is -0.431 e. The van der Waals surface area contributed by atoms with Crippen LogP contribution in [0.1, 0.15) is 26.2 Å². The molecule has 0 aromatic rings. The molecule has 1 rings (SSSR count). The highest BCUT2D eigenvalue weighted by Gasteiger charge is 2.25. The maximum atomic E-state index is 11.3. The molecule has 106 valence electrons. The van der Waals surface area contributed by atoms with Gasteiger partial charge in [-0.3, -0.25) is 4.79 Å². The average molecular weight is 377 g/mol. The van der Waals surface area contributed by atoms with Crippen molar-refractivity contribution in [2.75, 3.05) is 20.1 Å². The van der Waals surface area contributed by atoms with E-state index in [2.05, 4.69) is 27.5 Å². The van der Waals surface area contributed by atoms with Gasteiger partial charge in [0.2, 0.25) is 0 Å². The van der Waals surface area contributed by atoms with Crippen molar-refractivity contribution in [2.24, 2.45) is 5.92 Å². The van der Waals surface area contributed by atoms with Crippen molar-refractivity contribution in [3.63, 3.8) is 0 Å². The number of esters is 1. The standard InChI is InChI=1S/C14H20INO3/c1-11(18)19-14-6-8-16(2)9-13(14)12(10-17)5-3-4-7-15/h4,7,10,12H,3,5-6,8-9H2,1-2H3/b7-4+. The molecule has 19 heavy (non-hydrogen) atoms. The van der Waals surface area contributed by atoms with Crippen LogP contribution < -0.4 is 0 Å². The molecule has 0 radical (unpaired) electrons. The Morgan fingerprint density at radius 3 is 2.89 bits per heavy atom. The number of allylic oxidation sites excluding steroid dienone is 1. The summed E-state index contributed by atoms with van der Waals surface area (Å²) in [5, 5.41) is 0. The molecule has 1 heterocycles. The lowest BCUT2D eigenvalue weighted by Crippen LogP contribution is -2.32. The number of hydrogen-bond acceptors (Lipinski definition) is 4. The van der Waals surface area contributed by atoms with E-state index in [1.165, 1.54) is 6.92 Å². The Kier molecular flexibility index (Phi) is 7.30. The molecule has 0 aromatic heterocycles. The van der Waals surface area contributed by atoms with Crippen molar-refractivity contribution < 1.29 is 14.3 Å². The normalized spacial score (nSPS) is 18.7. The molecule has 4 nitrogen and oxygen atoms in total. The zero-order valence-electron chi connectivity index (χ0n) is 11.4. The van der Waals surface area contributed by atoms with Crippen molar-refractivity contribution in [2.45, 2.75) is 26.2 Å². The summed E-state index contributed by atoms with van der Waals surface area (Å²) < 4.78 is 7.23. The van der Waals surface area contributed by atoms with Gasteiger partial charge in [0.25, 0.3) is 0 Å². The number of likely N-dealkylation sites (N-methyl/N-ethyl adjacent to an activating group) is 1. The maximum Gasteiger partial charge on any atom is 0.307 e. The molecule has 0 aliphatic carbocycles. The number of aldehydes is 1. The number of carbonyl (C=O) groups excluding carboxylic acids is 2. The predicted octanol–water partition coefficient (Wildman–Crippen LogP) is 2.68. The number of halogens is 1. The van der Waals surface area contributed by atoms with E-state index in [0.717, 1.165) is 31.2 Å². The van der Waals surface area contributed by atoms with Gasteiger partial charge in [0.1, 0.15) is 12.0 Å². The zero-order chi connectivity index (χ0) is 14.3. The molecule has 0 amide bonds. The summed E-state index contributed by atoms with van der Waals surface area (Å²) in [7, 11) is 2.01. The average Bonchev–Trinajstić information content (AvgIpc) is 2.37. The second-order valence-corrected chi connectivity index (χ2v) is 5.43. The van der Waals surface area contributed by atoms with E-state index in [0.29, 0.717) is 18.7 Å². The van der Waals surface area contributed by atoms with Gasteiger partial charge in [-0.15, -0.1) is 0 Å². The Hall–Kier alpha value is -0.690. The Bertz CT molecular complexity index is 390. The van der Waals surface area contributed by atoms with E-state index in [1.54, 1.807) is 0 Å². The molecule has 1 aliphatic heterocycles. The van der Waals surface area contributed by atoms with Crippen LogP contribution in [0.15, 0.2) is 21.5 Å². The fraction of sp³-hybridized carbons (Fsp3) is 0.571. The van der Waals surface area contributed by atoms with Crippen LogP contribution in [0.3, 0.4) is 0 Å². The smallest absolute Gasteiger partial charge is 0.307 e. The third kappa shape index (κ3) is 5.44. The monoisotopic (exact) mass is 377 g/mol. The van der Waals surface area contributed by atoms with Crippen molar-refractivity contribution in [3.8, 4) is 0 Å². The molecular formula is C14H20INO3. The highest BCUT2D eigenvalue weighted by Crippen LogP contribution is 2.26. The summed E-state index contributed by atoms with van der Waals surface area (Å²) in [6.07, 6.45) is 5.32. The first-order chi connectivity index (χ1) is 9.08. The van der Waals surface area contributed by atoms with Gasteiger partial charge < -0.3 is 14.4 Å². The predicted molar refractivity (Wildman–Crippen MR) is 82.9 cm³/mol. The van der Waals surface area contributed by atoms with Crippen LogP contribution in [-0.4, -0.2) is 37.3 Å². The van der Waals surface area contributed by atoms with Gasteiger partial charge >= 0.3 is 5.97 Å². The molecular weight excluding hydrogens is 357 g/mol. The fourth-order valence-electron chi connectivity index (χ4n) is 2.19. The summed E-state index contributed by atoms with van der Waals surface area (Å²) in [5.41, 5.74) is 0.959. The number of ether oxygens (including phenoxy) is 1. The molecule has 0 fully saturated rings. The molecule has 5 heteroatoms. The molecule has 0 saturated heterocycles. The molecule has 0 saturated carbocycles. The van der Waals surface area contributed by atoms with Crippen molar-refractivity contribution in [1.29, 1.82) is 0 Å². The lowest BCUT2D eigenvalue weighted by Gasteiger charge is -2.29. The highest BCUT2D eigenvalue weighted by molar-refractivity contribution is 14.1. The van der Waals surface area contributed by atoms with Gasteiger partial charge in [-0.05, 0) is 29.5 Å². The largest absolute Gasteiger partial charge is 0.431 e. The Labute approximate surface area is 128 Å². The van der Waals surface area contributed by atoms with Crippen LogP contribution in [-0.2, 0) is 14.3 Å². The summed E-state index contributed by atoms with van der Waals surface area (Å²) in [6, 6.07) is 0. The van der Waals surface area contributed by atoms with Crippen molar-refractivity contribution in [3.05, 3.63) is 21.5 Å². The number of hydrogen-bond donors (Lipinski definition) is 0. The maximum absolute atomic E-state index is 11.3. The SMILES string of the molecule is CC(=O)OC1=C(C(C=O)CC/C=C/I)CN(C)CC1. The molecule has 0 N–H and O–H groups in total. The van der Waals surface area contributed by atoms with E-state index in [4.69, 9.17) is 4.74 Å². The van der Waals surface area contributed by atoms with Gasteiger partial charge in [-0.1, -0.05) is 28.7 Å². The van der Waals surface area contributed by atoms with Gasteiger partial charge in [-0.25, -0.2) is 0 Å². The Morgan fingerprint density at radius 1 is 1.58 bits per heavy atom. The van der Waals surface area contributed by atoms with Gasteiger partial charge in [0.05, 0.1) is 0 Å². The summed E-state index contributed by atoms with van der Waals surface area (Å²) in [5.74, 6) is 0.222. The Morgan fingerprint density at radius 2 is 2.32 bits per heavy atom. The van der Waals surface area contributed by atoms with Crippen LogP contribution in [0.5, 0.6) is 0 Å². The lowest BCUT2D eigenvalue weighted by atomic mass is 9.91. The second kappa shape index (κ2) is 8.47. The quantitative estimate of drug-likeness (QED) is 0.406. The summed E-state index contributed by atoms with van der Waals surface area (Å²) in [4.78, 5) is 24.6. The molecule has 0 aromatic carbocycles. The van der Waals surface area contributed by atoms with Crippen molar-refractivity contribution in [1.82, 2.24) is 4.90 Å². The third-order valence-corrected chi connectivity index (χ3v) is 3.64. The molecule has 0 bridgehead atoms. The first kappa shape index (κ1) is 16.4. The Balaban J connectivity index is 2.87. The van der Waals surface area contributed by atoms with Gasteiger partial charge in [0, 0.05) is 32.4 Å². The molecule has 1 unspecified atom stereocenters. The zero-order valence-corrected chi connectivity index (χ0v) is 13.6. The minimum absolute atomic E-state index is 0.162. The minimum atomic E-state index is -0.311. The number of carbonyl (C=O) groups is 2. The third-order valence-electron chi connectivity index (χ3n) is 3.13. The topological polar surface area (TPSA) is 46.6 Å². The lowest BCUT2D eigenvalue weighted by molar-refractivity contribution is -0.137. The first-order valence-electron chi connectivity index (χ1n) is 6.37. The number of rotatable bonds is 6. The van der Waals surface area contributed by atoms with E-state index in [-0.39, 0.29) is 11.9 Å². The van der Waals surface area contributed by atoms with Crippen LogP contribution in [0, 0.1) is 5.92 Å². The summed E-state index contributed by atoms with van der Waals surface area (Å²) in [6.45, 7) is 2.95. The van der Waals surface area contributed by atoms with E-state index in [1.807, 2.05) is 17.2 Å². The van der Waals surface area contributed by atoms with Gasteiger partial charge in [0.15, 0.2) is 0 Å². The van der Waals surface area contributed by atoms with Gasteiger partial charge in [-0.2, -0.15) is 0 Å². The van der Waals surface area contributed by atoms with E-state index < -0.39 is 0 Å². The van der Waals surface area contributed by atoms with Crippen LogP contribution in [0.2, 0.25) is 0 Å². The van der Waals surface area contributed by atoms with E-state index >= 15 is 0 Å². The van der Waals surface area contributed by atoms with Crippen LogP contribution >= 0.6 is 22.6 Å². The molecule has 0 spiro atoms. The molecule has 1 atom stereocenters. The van der Waals surface area contributed by atoms with Crippen LogP contribution in [0.25, 0.3) is 0 Å². The number of nitrogens with zero attached hydrogens (tertiary/aromatic N) is 1. The first-order valence-corrected chi connectivity index (χ1v) is 7.62.